The molecule has 0 aromatic rings. The smallest absolute Gasteiger partial charge is 0.217 e. The Kier molecular flexibility index (Phi) is 3.58. The zero-order valence-electron chi connectivity index (χ0n) is 13.3. The summed E-state index contributed by atoms with van der Waals surface area (Å²) in [5.74, 6) is -1.67. The van der Waals surface area contributed by atoms with Gasteiger partial charge in [0, 0.05) is 6.42 Å². The van der Waals surface area contributed by atoms with Crippen LogP contribution in [-0.4, -0.2) is 17.8 Å². The Morgan fingerprint density at radius 1 is 1.22 bits per heavy atom. The van der Waals surface area contributed by atoms with Crippen molar-refractivity contribution >= 4 is 5.90 Å². The fraction of sp³-hybridized carbons (Fsp3) is 0.765. The van der Waals surface area contributed by atoms with Crippen molar-refractivity contribution < 1.29 is 9.47 Å². The van der Waals surface area contributed by atoms with Crippen LogP contribution in [0.3, 0.4) is 0 Å². The van der Waals surface area contributed by atoms with Gasteiger partial charge in [-0.2, -0.15) is 15.8 Å². The van der Waals surface area contributed by atoms with Crippen molar-refractivity contribution in [1.82, 2.24) is 0 Å². The summed E-state index contributed by atoms with van der Waals surface area (Å²) >= 11 is 0. The Labute approximate surface area is 136 Å². The van der Waals surface area contributed by atoms with Gasteiger partial charge in [0.1, 0.15) is 0 Å². The predicted octanol–water partition coefficient (Wildman–Crippen LogP) is 3.01. The fourth-order valence-corrected chi connectivity index (χ4v) is 4.62. The van der Waals surface area contributed by atoms with Gasteiger partial charge < -0.3 is 9.47 Å². The molecular weight excluding hydrogens is 292 g/mol. The minimum Gasteiger partial charge on any atom is -0.447 e. The van der Waals surface area contributed by atoms with Crippen LogP contribution in [-0.2, 0) is 9.47 Å². The van der Waals surface area contributed by atoms with Gasteiger partial charge >= 0.3 is 0 Å². The van der Waals surface area contributed by atoms with E-state index in [0.717, 1.165) is 25.7 Å². The number of unbranched alkanes of at least 4 members (excludes halogenated alkanes) is 1. The van der Waals surface area contributed by atoms with Gasteiger partial charge in [-0.05, 0) is 19.3 Å². The third kappa shape index (κ3) is 1.66. The minimum absolute atomic E-state index is 0.256. The van der Waals surface area contributed by atoms with Crippen LogP contribution in [0.1, 0.15) is 51.9 Å². The molecule has 0 amide bonds. The van der Waals surface area contributed by atoms with Crippen LogP contribution in [0.5, 0.6) is 0 Å². The second-order valence-electron chi connectivity index (χ2n) is 6.74. The average Bonchev–Trinajstić information content (AvgIpc) is 2.78. The quantitative estimate of drug-likeness (QED) is 0.860. The van der Waals surface area contributed by atoms with E-state index < -0.39 is 28.6 Å². The first kappa shape index (κ1) is 15.8. The van der Waals surface area contributed by atoms with Crippen molar-refractivity contribution in [1.29, 1.82) is 21.2 Å². The van der Waals surface area contributed by atoms with Crippen molar-refractivity contribution in [3.63, 3.8) is 0 Å². The number of nitrogens with one attached hydrogen (secondary N) is 1. The largest absolute Gasteiger partial charge is 0.447 e. The summed E-state index contributed by atoms with van der Waals surface area (Å²) in [6.45, 7) is 2.03. The molecular formula is C17H20N4O2. The normalized spacial score (nSPS) is 40.2. The molecule has 1 aliphatic carbocycles. The Morgan fingerprint density at radius 3 is 2.57 bits per heavy atom. The van der Waals surface area contributed by atoms with Crippen molar-refractivity contribution in [2.24, 2.45) is 16.7 Å². The summed E-state index contributed by atoms with van der Waals surface area (Å²) < 4.78 is 12.0. The molecule has 2 heterocycles. The lowest BCUT2D eigenvalue weighted by atomic mass is 9.51. The molecule has 6 nitrogen and oxygen atoms in total. The van der Waals surface area contributed by atoms with Gasteiger partial charge in [-0.25, -0.2) is 0 Å². The molecule has 4 atom stereocenters. The first-order valence-corrected chi connectivity index (χ1v) is 8.26. The lowest BCUT2D eigenvalue weighted by molar-refractivity contribution is -0.292. The second kappa shape index (κ2) is 5.22. The van der Waals surface area contributed by atoms with Gasteiger partial charge in [0.05, 0.1) is 30.2 Å². The maximum Gasteiger partial charge on any atom is 0.217 e. The van der Waals surface area contributed by atoms with E-state index in [1.54, 1.807) is 0 Å². The number of nitriles is 3. The lowest BCUT2D eigenvalue weighted by Crippen LogP contribution is -2.63. The molecule has 1 saturated carbocycles. The van der Waals surface area contributed by atoms with Crippen LogP contribution in [0.25, 0.3) is 0 Å². The van der Waals surface area contributed by atoms with E-state index in [1.807, 2.05) is 6.92 Å². The predicted molar refractivity (Wildman–Crippen MR) is 79.6 cm³/mol. The van der Waals surface area contributed by atoms with Crippen molar-refractivity contribution in [2.75, 3.05) is 0 Å². The molecule has 2 aliphatic heterocycles. The summed E-state index contributed by atoms with van der Waals surface area (Å²) in [5, 5.41) is 38.1. The summed E-state index contributed by atoms with van der Waals surface area (Å²) in [7, 11) is 0. The lowest BCUT2D eigenvalue weighted by Gasteiger charge is -2.51. The monoisotopic (exact) mass is 312 g/mol. The molecule has 2 bridgehead atoms. The Bertz CT molecular complexity index is 641. The van der Waals surface area contributed by atoms with Crippen LogP contribution < -0.4 is 0 Å². The third-order valence-electron chi connectivity index (χ3n) is 5.75. The fourth-order valence-electron chi connectivity index (χ4n) is 4.62. The number of ether oxygens (including phenoxy) is 2. The number of rotatable bonds is 3. The summed E-state index contributed by atoms with van der Waals surface area (Å²) in [6, 6.07) is 6.33. The minimum atomic E-state index is -1.68. The highest BCUT2D eigenvalue weighted by Gasteiger charge is 2.79. The molecule has 6 heteroatoms. The van der Waals surface area contributed by atoms with Crippen molar-refractivity contribution in [2.45, 2.75) is 63.8 Å². The highest BCUT2D eigenvalue weighted by Crippen LogP contribution is 2.66. The maximum atomic E-state index is 9.99. The van der Waals surface area contributed by atoms with E-state index in [-0.39, 0.29) is 5.90 Å². The molecule has 1 N–H and O–H groups in total. The molecule has 3 fully saturated rings. The Balaban J connectivity index is 2.20. The van der Waals surface area contributed by atoms with Crippen LogP contribution in [0.2, 0.25) is 0 Å². The average molecular weight is 312 g/mol. The highest BCUT2D eigenvalue weighted by molar-refractivity contribution is 5.89. The summed E-state index contributed by atoms with van der Waals surface area (Å²) in [4.78, 5) is 0. The maximum absolute atomic E-state index is 9.99. The van der Waals surface area contributed by atoms with Gasteiger partial charge in [-0.3, -0.25) is 5.41 Å². The Hall–Kier alpha value is -2.10. The Morgan fingerprint density at radius 2 is 1.96 bits per heavy atom. The van der Waals surface area contributed by atoms with E-state index >= 15 is 0 Å². The first-order valence-electron chi connectivity index (χ1n) is 8.26. The topological polar surface area (TPSA) is 114 Å². The van der Waals surface area contributed by atoms with Crippen molar-refractivity contribution in [3.8, 4) is 18.2 Å². The van der Waals surface area contributed by atoms with Crippen LogP contribution in [0, 0.1) is 56.2 Å². The number of hydrogen-bond acceptors (Lipinski definition) is 6. The first-order chi connectivity index (χ1) is 11.1. The zero-order chi connectivity index (χ0) is 16.7. The van der Waals surface area contributed by atoms with Crippen LogP contribution >= 0.6 is 0 Å². The molecule has 0 spiro atoms. The van der Waals surface area contributed by atoms with E-state index in [4.69, 9.17) is 14.9 Å². The van der Waals surface area contributed by atoms with Gasteiger partial charge in [0.2, 0.25) is 11.7 Å². The molecule has 0 radical (unpaired) electrons. The standard InChI is InChI=1S/C17H20N4O2/c1-2-3-7-13-15(9-18,10-19)16(11-20)12-6-4-5-8-17(12,22-13)23-14(16)21/h12-13,21H,2-8H2,1H3/t12-,13+,16+,17+/m0/s1. The van der Waals surface area contributed by atoms with Gasteiger partial charge in [-0.1, -0.05) is 26.2 Å². The van der Waals surface area contributed by atoms with Gasteiger partial charge in [-0.15, -0.1) is 0 Å². The summed E-state index contributed by atoms with van der Waals surface area (Å²) in [5.41, 5.74) is -3.20. The van der Waals surface area contributed by atoms with Gasteiger partial charge in [0.25, 0.3) is 0 Å². The van der Waals surface area contributed by atoms with Crippen molar-refractivity contribution in [3.05, 3.63) is 0 Å². The number of nitrogens with zero attached hydrogens (tertiary/aromatic N) is 3. The molecule has 3 rings (SSSR count). The number of hydrogen-bond donors (Lipinski definition) is 1. The molecule has 2 saturated heterocycles. The molecule has 120 valence electrons. The summed E-state index contributed by atoms with van der Waals surface area (Å²) in [6.07, 6.45) is 4.56. The highest BCUT2D eigenvalue weighted by atomic mass is 16.7. The third-order valence-corrected chi connectivity index (χ3v) is 5.75. The van der Waals surface area contributed by atoms with E-state index in [1.165, 1.54) is 0 Å². The molecule has 0 aromatic heterocycles. The second-order valence-corrected chi connectivity index (χ2v) is 6.74. The molecule has 0 unspecified atom stereocenters. The van der Waals surface area contributed by atoms with Crippen LogP contribution in [0.4, 0.5) is 0 Å². The van der Waals surface area contributed by atoms with E-state index in [9.17, 15) is 15.8 Å². The van der Waals surface area contributed by atoms with Gasteiger partial charge in [0.15, 0.2) is 10.8 Å². The molecule has 23 heavy (non-hydrogen) atoms. The molecule has 3 aliphatic rings. The van der Waals surface area contributed by atoms with E-state index in [2.05, 4.69) is 18.2 Å². The van der Waals surface area contributed by atoms with E-state index in [0.29, 0.717) is 19.3 Å². The zero-order valence-corrected chi connectivity index (χ0v) is 13.3. The van der Waals surface area contributed by atoms with Crippen LogP contribution in [0.15, 0.2) is 0 Å². The molecule has 0 aromatic carbocycles. The SMILES string of the molecule is CCCC[C@H]1O[C@@]23CCCC[C@H]2[C@](C#N)(C(=N)O3)C1(C#N)C#N.